The molecule has 0 spiro atoms. The van der Waals surface area contributed by atoms with Gasteiger partial charge in [0.05, 0.1) is 25.5 Å². The lowest BCUT2D eigenvalue weighted by Gasteiger charge is -2.12. The largest absolute Gasteiger partial charge is 0.496 e. The highest BCUT2D eigenvalue weighted by Gasteiger charge is 2.20. The summed E-state index contributed by atoms with van der Waals surface area (Å²) in [4.78, 5) is 3.83. The molecule has 0 saturated heterocycles. The molecular weight excluding hydrogens is 206 g/mol. The molecule has 1 rings (SSSR count). The molecule has 0 aromatic carbocycles. The number of hydrogen-bond acceptors (Lipinski definition) is 4. The third-order valence-corrected chi connectivity index (χ3v) is 1.92. The maximum atomic E-state index is 12.7. The Kier molecular flexibility index (Phi) is 3.79. The number of alkyl halides is 2. The summed E-state index contributed by atoms with van der Waals surface area (Å²) >= 11 is 0. The first-order valence-electron chi connectivity index (χ1n) is 4.24. The number of nitrogens with zero attached hydrogens (tertiary/aromatic N) is 1. The van der Waals surface area contributed by atoms with Crippen LogP contribution in [0.2, 0.25) is 0 Å². The quantitative estimate of drug-likeness (QED) is 0.831. The number of hydrogen-bond donors (Lipinski definition) is 1. The normalized spacial score (nSPS) is 10.5. The van der Waals surface area contributed by atoms with Crippen molar-refractivity contribution in [2.75, 3.05) is 14.2 Å². The van der Waals surface area contributed by atoms with E-state index in [9.17, 15) is 8.78 Å². The van der Waals surface area contributed by atoms with E-state index in [-0.39, 0.29) is 29.4 Å². The lowest BCUT2D eigenvalue weighted by atomic mass is 10.1. The Balaban J connectivity index is 3.32. The average Bonchev–Trinajstić information content (AvgIpc) is 2.26. The van der Waals surface area contributed by atoms with Gasteiger partial charge in [0.25, 0.3) is 6.43 Å². The average molecular weight is 218 g/mol. The second-order valence-corrected chi connectivity index (χ2v) is 2.73. The number of aromatic nitrogens is 1. The predicted molar refractivity (Wildman–Crippen MR) is 50.2 cm³/mol. The van der Waals surface area contributed by atoms with Gasteiger partial charge in [0.2, 0.25) is 5.88 Å². The zero-order chi connectivity index (χ0) is 11.4. The fourth-order valence-electron chi connectivity index (χ4n) is 1.22. The number of nitrogens with two attached hydrogens (primary N) is 1. The highest BCUT2D eigenvalue weighted by molar-refractivity contribution is 5.41. The lowest BCUT2D eigenvalue weighted by Crippen LogP contribution is -2.08. The van der Waals surface area contributed by atoms with E-state index in [1.165, 1.54) is 20.3 Å². The fourth-order valence-corrected chi connectivity index (χ4v) is 1.22. The maximum Gasteiger partial charge on any atom is 0.269 e. The van der Waals surface area contributed by atoms with Crippen LogP contribution in [-0.4, -0.2) is 19.2 Å². The van der Waals surface area contributed by atoms with Crippen LogP contribution in [0.4, 0.5) is 8.78 Å². The summed E-state index contributed by atoms with van der Waals surface area (Å²) in [5, 5.41) is 0. The van der Waals surface area contributed by atoms with Crippen LogP contribution in [0.25, 0.3) is 0 Å². The first-order valence-corrected chi connectivity index (χ1v) is 4.24. The van der Waals surface area contributed by atoms with E-state index in [2.05, 4.69) is 4.98 Å². The molecule has 15 heavy (non-hydrogen) atoms. The van der Waals surface area contributed by atoms with Crippen LogP contribution in [0.1, 0.15) is 17.7 Å². The Morgan fingerprint density at radius 1 is 1.40 bits per heavy atom. The molecule has 0 amide bonds. The van der Waals surface area contributed by atoms with Gasteiger partial charge in [0.15, 0.2) is 0 Å². The standard InChI is InChI=1S/C9H12F2N2O2/c1-14-6-3-7(15-2)13-5(4-12)8(6)9(10)11/h3,9H,4,12H2,1-2H3. The number of halogens is 2. The van der Waals surface area contributed by atoms with Gasteiger partial charge in [-0.2, -0.15) is 0 Å². The molecular formula is C9H12F2N2O2. The van der Waals surface area contributed by atoms with Crippen molar-refractivity contribution in [3.05, 3.63) is 17.3 Å². The van der Waals surface area contributed by atoms with E-state index >= 15 is 0 Å². The van der Waals surface area contributed by atoms with Gasteiger partial charge < -0.3 is 15.2 Å². The molecule has 0 saturated carbocycles. The van der Waals surface area contributed by atoms with E-state index in [0.717, 1.165) is 0 Å². The molecule has 0 aliphatic rings. The van der Waals surface area contributed by atoms with Gasteiger partial charge in [-0.15, -0.1) is 0 Å². The lowest BCUT2D eigenvalue weighted by molar-refractivity contribution is 0.145. The Labute approximate surface area is 86.0 Å². The van der Waals surface area contributed by atoms with Gasteiger partial charge in [0, 0.05) is 12.6 Å². The Bertz CT molecular complexity index is 320. The smallest absolute Gasteiger partial charge is 0.269 e. The van der Waals surface area contributed by atoms with Crippen molar-refractivity contribution in [3.63, 3.8) is 0 Å². The zero-order valence-corrected chi connectivity index (χ0v) is 8.46. The monoisotopic (exact) mass is 218 g/mol. The van der Waals surface area contributed by atoms with Crippen LogP contribution < -0.4 is 15.2 Å². The first kappa shape index (κ1) is 11.6. The summed E-state index contributed by atoms with van der Waals surface area (Å²) in [6.45, 7) is -0.0900. The molecule has 0 aliphatic carbocycles. The molecule has 0 bridgehead atoms. The highest BCUT2D eigenvalue weighted by Crippen LogP contribution is 2.33. The van der Waals surface area contributed by atoms with Gasteiger partial charge in [-0.3, -0.25) is 0 Å². The molecule has 1 aromatic heterocycles. The van der Waals surface area contributed by atoms with E-state index in [1.54, 1.807) is 0 Å². The van der Waals surface area contributed by atoms with Gasteiger partial charge >= 0.3 is 0 Å². The van der Waals surface area contributed by atoms with Crippen LogP contribution >= 0.6 is 0 Å². The van der Waals surface area contributed by atoms with Crippen LogP contribution in [0.5, 0.6) is 11.6 Å². The zero-order valence-electron chi connectivity index (χ0n) is 8.46. The minimum atomic E-state index is -2.67. The summed E-state index contributed by atoms with van der Waals surface area (Å²) < 4.78 is 35.0. The number of methoxy groups -OCH3 is 2. The van der Waals surface area contributed by atoms with Crippen molar-refractivity contribution in [1.29, 1.82) is 0 Å². The maximum absolute atomic E-state index is 12.7. The van der Waals surface area contributed by atoms with Gasteiger partial charge in [-0.05, 0) is 0 Å². The van der Waals surface area contributed by atoms with E-state index in [4.69, 9.17) is 15.2 Å². The van der Waals surface area contributed by atoms with Crippen LogP contribution in [0.15, 0.2) is 6.07 Å². The molecule has 4 nitrogen and oxygen atoms in total. The molecule has 0 unspecified atom stereocenters. The van der Waals surface area contributed by atoms with Crippen molar-refractivity contribution in [3.8, 4) is 11.6 Å². The third kappa shape index (κ3) is 2.33. The summed E-state index contributed by atoms with van der Waals surface area (Å²) in [5.74, 6) is 0.244. The molecule has 2 N–H and O–H groups in total. The van der Waals surface area contributed by atoms with Gasteiger partial charge in [-0.25, -0.2) is 13.8 Å². The summed E-state index contributed by atoms with van der Waals surface area (Å²) in [7, 11) is 2.70. The van der Waals surface area contributed by atoms with Crippen molar-refractivity contribution >= 4 is 0 Å². The molecule has 0 fully saturated rings. The minimum absolute atomic E-state index is 0.0392. The van der Waals surface area contributed by atoms with Gasteiger partial charge in [0.1, 0.15) is 5.75 Å². The molecule has 0 radical (unpaired) electrons. The number of rotatable bonds is 4. The number of pyridine rings is 1. The topological polar surface area (TPSA) is 57.4 Å². The number of ether oxygens (including phenoxy) is 2. The molecule has 84 valence electrons. The summed E-state index contributed by atoms with van der Waals surface area (Å²) in [5.41, 5.74) is 5.14. The van der Waals surface area contributed by atoms with Crippen LogP contribution in [0, 0.1) is 0 Å². The molecule has 1 heterocycles. The first-order chi connectivity index (χ1) is 7.13. The van der Waals surface area contributed by atoms with E-state index in [1.807, 2.05) is 0 Å². The Morgan fingerprint density at radius 2 is 2.07 bits per heavy atom. The Morgan fingerprint density at radius 3 is 2.47 bits per heavy atom. The predicted octanol–water partition coefficient (Wildman–Crippen LogP) is 1.50. The SMILES string of the molecule is COc1cc(OC)c(C(F)F)c(CN)n1. The highest BCUT2D eigenvalue weighted by atomic mass is 19.3. The molecule has 0 atom stereocenters. The van der Waals surface area contributed by atoms with Crippen molar-refractivity contribution in [2.24, 2.45) is 5.73 Å². The second-order valence-electron chi connectivity index (χ2n) is 2.73. The van der Waals surface area contributed by atoms with E-state index in [0.29, 0.717) is 0 Å². The van der Waals surface area contributed by atoms with Crippen LogP contribution in [-0.2, 0) is 6.54 Å². The van der Waals surface area contributed by atoms with Crippen molar-refractivity contribution < 1.29 is 18.3 Å². The van der Waals surface area contributed by atoms with Crippen molar-refractivity contribution in [2.45, 2.75) is 13.0 Å². The second kappa shape index (κ2) is 4.88. The van der Waals surface area contributed by atoms with Gasteiger partial charge in [-0.1, -0.05) is 0 Å². The third-order valence-electron chi connectivity index (χ3n) is 1.92. The van der Waals surface area contributed by atoms with Crippen LogP contribution in [0.3, 0.4) is 0 Å². The minimum Gasteiger partial charge on any atom is -0.496 e. The molecule has 1 aromatic rings. The summed E-state index contributed by atoms with van der Waals surface area (Å²) in [6, 6.07) is 1.31. The van der Waals surface area contributed by atoms with Crippen molar-refractivity contribution in [1.82, 2.24) is 4.98 Å². The van der Waals surface area contributed by atoms with E-state index < -0.39 is 6.43 Å². The fraction of sp³-hybridized carbons (Fsp3) is 0.444. The Hall–Kier alpha value is -1.43. The summed E-state index contributed by atoms with van der Waals surface area (Å²) in [6.07, 6.45) is -2.67. The molecule has 0 aliphatic heterocycles. The molecule has 6 heteroatoms.